The highest BCUT2D eigenvalue weighted by Gasteiger charge is 2.12. The Hall–Kier alpha value is -2.67. The van der Waals surface area contributed by atoms with Gasteiger partial charge in [0.1, 0.15) is 5.82 Å². The zero-order chi connectivity index (χ0) is 17.5. The predicted molar refractivity (Wildman–Crippen MR) is 91.0 cm³/mol. The third-order valence-corrected chi connectivity index (χ3v) is 3.83. The van der Waals surface area contributed by atoms with Crippen molar-refractivity contribution in [1.82, 2.24) is 10.3 Å². The molecule has 3 rings (SSSR count). The van der Waals surface area contributed by atoms with Crippen LogP contribution in [0.3, 0.4) is 0 Å². The molecule has 1 N–H and O–H groups in total. The van der Waals surface area contributed by atoms with E-state index in [4.69, 9.17) is 9.47 Å². The zero-order valence-corrected chi connectivity index (χ0v) is 13.8. The molecule has 0 bridgehead atoms. The Labute approximate surface area is 145 Å². The van der Waals surface area contributed by atoms with Gasteiger partial charge in [-0.1, -0.05) is 18.2 Å². The Kier molecular flexibility index (Phi) is 5.79. The Balaban J connectivity index is 1.44. The third-order valence-electron chi connectivity index (χ3n) is 3.83. The molecule has 1 aromatic heterocycles. The van der Waals surface area contributed by atoms with Gasteiger partial charge in [0.25, 0.3) is 5.91 Å². The summed E-state index contributed by atoms with van der Waals surface area (Å²) >= 11 is 0. The average Bonchev–Trinajstić information content (AvgIpc) is 2.67. The van der Waals surface area contributed by atoms with E-state index in [0.717, 1.165) is 24.5 Å². The number of hydrogen-bond acceptors (Lipinski definition) is 5. The van der Waals surface area contributed by atoms with Gasteiger partial charge in [0.2, 0.25) is 0 Å². The van der Waals surface area contributed by atoms with Crippen molar-refractivity contribution in [2.75, 3.05) is 37.8 Å². The number of benzene rings is 1. The number of halogens is 1. The van der Waals surface area contributed by atoms with Crippen molar-refractivity contribution in [3.8, 4) is 5.75 Å². The van der Waals surface area contributed by atoms with Crippen LogP contribution in [0.4, 0.5) is 10.2 Å². The standard InChI is InChI=1S/C18H20FN3O3/c19-15-3-1-2-4-16(15)25-13-18(23)21-12-14-5-6-17(20-11-14)22-7-9-24-10-8-22/h1-6,11H,7-10,12-13H2,(H,21,23). The molecule has 0 saturated carbocycles. The van der Waals surface area contributed by atoms with Gasteiger partial charge in [-0.25, -0.2) is 9.37 Å². The zero-order valence-electron chi connectivity index (χ0n) is 13.8. The maximum absolute atomic E-state index is 13.4. The van der Waals surface area contributed by atoms with Crippen molar-refractivity contribution < 1.29 is 18.7 Å². The Morgan fingerprint density at radius 2 is 2.04 bits per heavy atom. The van der Waals surface area contributed by atoms with Gasteiger partial charge in [-0.2, -0.15) is 0 Å². The quantitative estimate of drug-likeness (QED) is 0.864. The molecule has 1 aromatic carbocycles. The summed E-state index contributed by atoms with van der Waals surface area (Å²) in [6.45, 7) is 3.19. The minimum Gasteiger partial charge on any atom is -0.481 e. The van der Waals surface area contributed by atoms with Crippen LogP contribution in [0.2, 0.25) is 0 Å². The first kappa shape index (κ1) is 17.2. The summed E-state index contributed by atoms with van der Waals surface area (Å²) in [7, 11) is 0. The number of nitrogens with zero attached hydrogens (tertiary/aromatic N) is 2. The Bertz CT molecular complexity index is 703. The number of pyridine rings is 1. The van der Waals surface area contributed by atoms with E-state index < -0.39 is 5.82 Å². The minimum atomic E-state index is -0.488. The van der Waals surface area contributed by atoms with Crippen molar-refractivity contribution in [3.63, 3.8) is 0 Å². The van der Waals surface area contributed by atoms with Crippen LogP contribution in [0.1, 0.15) is 5.56 Å². The largest absolute Gasteiger partial charge is 0.481 e. The van der Waals surface area contributed by atoms with Crippen LogP contribution in [0.25, 0.3) is 0 Å². The first-order valence-corrected chi connectivity index (χ1v) is 8.14. The lowest BCUT2D eigenvalue weighted by Crippen LogP contribution is -2.36. The molecular formula is C18H20FN3O3. The number of carbonyl (C=O) groups is 1. The molecule has 6 nitrogen and oxygen atoms in total. The number of nitrogens with one attached hydrogen (secondary N) is 1. The lowest BCUT2D eigenvalue weighted by atomic mass is 10.2. The molecule has 1 amide bonds. The Morgan fingerprint density at radius 3 is 2.76 bits per heavy atom. The van der Waals surface area contributed by atoms with E-state index in [2.05, 4.69) is 15.2 Å². The molecule has 132 valence electrons. The molecule has 0 atom stereocenters. The number of amides is 1. The maximum atomic E-state index is 13.4. The van der Waals surface area contributed by atoms with E-state index in [1.807, 2.05) is 12.1 Å². The van der Waals surface area contributed by atoms with E-state index in [-0.39, 0.29) is 18.3 Å². The second kappa shape index (κ2) is 8.43. The van der Waals surface area contributed by atoms with Crippen molar-refractivity contribution in [3.05, 3.63) is 54.0 Å². The summed E-state index contributed by atoms with van der Waals surface area (Å²) in [6.07, 6.45) is 1.74. The van der Waals surface area contributed by atoms with Gasteiger partial charge in [0, 0.05) is 25.8 Å². The number of hydrogen-bond donors (Lipinski definition) is 1. The van der Waals surface area contributed by atoms with Crippen LogP contribution < -0.4 is 15.0 Å². The van der Waals surface area contributed by atoms with Crippen LogP contribution in [0.15, 0.2) is 42.6 Å². The topological polar surface area (TPSA) is 63.7 Å². The molecule has 7 heteroatoms. The summed E-state index contributed by atoms with van der Waals surface area (Å²) in [5, 5.41) is 2.73. The van der Waals surface area contributed by atoms with Crippen molar-refractivity contribution in [2.45, 2.75) is 6.54 Å². The molecule has 0 spiro atoms. The van der Waals surface area contributed by atoms with E-state index in [9.17, 15) is 9.18 Å². The minimum absolute atomic E-state index is 0.0641. The van der Waals surface area contributed by atoms with Crippen molar-refractivity contribution in [1.29, 1.82) is 0 Å². The number of aromatic nitrogens is 1. The molecule has 1 aliphatic heterocycles. The van der Waals surface area contributed by atoms with E-state index in [1.54, 1.807) is 18.3 Å². The fourth-order valence-corrected chi connectivity index (χ4v) is 2.46. The molecule has 0 aliphatic carbocycles. The predicted octanol–water partition coefficient (Wildman–Crippen LogP) is 1.75. The molecule has 0 unspecified atom stereocenters. The summed E-state index contributed by atoms with van der Waals surface area (Å²) in [6, 6.07) is 9.85. The van der Waals surface area contributed by atoms with E-state index in [0.29, 0.717) is 19.8 Å². The SMILES string of the molecule is O=C(COc1ccccc1F)NCc1ccc(N2CCOCC2)nc1. The van der Waals surface area contributed by atoms with E-state index in [1.165, 1.54) is 12.1 Å². The molecule has 1 aliphatic rings. The van der Waals surface area contributed by atoms with Gasteiger partial charge in [-0.15, -0.1) is 0 Å². The maximum Gasteiger partial charge on any atom is 0.258 e. The normalized spacial score (nSPS) is 14.2. The molecule has 0 radical (unpaired) electrons. The van der Waals surface area contributed by atoms with Gasteiger partial charge in [-0.05, 0) is 23.8 Å². The number of ether oxygens (including phenoxy) is 2. The fourth-order valence-electron chi connectivity index (χ4n) is 2.46. The first-order chi connectivity index (χ1) is 12.2. The summed E-state index contributed by atoms with van der Waals surface area (Å²) in [5.41, 5.74) is 0.885. The second-order valence-corrected chi connectivity index (χ2v) is 5.62. The van der Waals surface area contributed by atoms with Crippen LogP contribution in [0, 0.1) is 5.82 Å². The molecule has 1 saturated heterocycles. The fraction of sp³-hybridized carbons (Fsp3) is 0.333. The molecule has 2 heterocycles. The van der Waals surface area contributed by atoms with Gasteiger partial charge in [-0.3, -0.25) is 4.79 Å². The lowest BCUT2D eigenvalue weighted by molar-refractivity contribution is -0.123. The molecule has 25 heavy (non-hydrogen) atoms. The number of anilines is 1. The van der Waals surface area contributed by atoms with Crippen LogP contribution >= 0.6 is 0 Å². The molecule has 2 aromatic rings. The summed E-state index contributed by atoms with van der Waals surface area (Å²) in [5.74, 6) is 0.161. The second-order valence-electron chi connectivity index (χ2n) is 5.62. The summed E-state index contributed by atoms with van der Waals surface area (Å²) < 4.78 is 23.9. The van der Waals surface area contributed by atoms with E-state index >= 15 is 0 Å². The number of para-hydroxylation sites is 1. The highest BCUT2D eigenvalue weighted by Crippen LogP contribution is 2.15. The smallest absolute Gasteiger partial charge is 0.258 e. The van der Waals surface area contributed by atoms with Crippen LogP contribution in [-0.4, -0.2) is 43.8 Å². The highest BCUT2D eigenvalue weighted by molar-refractivity contribution is 5.77. The van der Waals surface area contributed by atoms with Crippen LogP contribution in [0.5, 0.6) is 5.75 Å². The highest BCUT2D eigenvalue weighted by atomic mass is 19.1. The van der Waals surface area contributed by atoms with Crippen molar-refractivity contribution in [2.24, 2.45) is 0 Å². The van der Waals surface area contributed by atoms with Crippen LogP contribution in [-0.2, 0) is 16.1 Å². The van der Waals surface area contributed by atoms with Gasteiger partial charge < -0.3 is 19.7 Å². The lowest BCUT2D eigenvalue weighted by Gasteiger charge is -2.27. The number of carbonyl (C=O) groups excluding carboxylic acids is 1. The van der Waals surface area contributed by atoms with Gasteiger partial charge in [0.05, 0.1) is 13.2 Å². The summed E-state index contributed by atoms with van der Waals surface area (Å²) in [4.78, 5) is 18.4. The van der Waals surface area contributed by atoms with Gasteiger partial charge >= 0.3 is 0 Å². The first-order valence-electron chi connectivity index (χ1n) is 8.14. The third kappa shape index (κ3) is 4.90. The number of rotatable bonds is 6. The molecule has 1 fully saturated rings. The number of morpholine rings is 1. The average molecular weight is 345 g/mol. The molecular weight excluding hydrogens is 325 g/mol. The van der Waals surface area contributed by atoms with Crippen molar-refractivity contribution >= 4 is 11.7 Å². The Morgan fingerprint density at radius 1 is 1.24 bits per heavy atom. The monoisotopic (exact) mass is 345 g/mol. The van der Waals surface area contributed by atoms with Gasteiger partial charge in [0.15, 0.2) is 18.2 Å².